The Morgan fingerprint density at radius 3 is 2.89 bits per heavy atom. The maximum Gasteiger partial charge on any atom is 0.0613 e. The number of aliphatic hydroxyl groups excluding tert-OH is 1. The Balaban J connectivity index is 2.04. The predicted octanol–water partition coefficient (Wildman–Crippen LogP) is 2.98. The van der Waals surface area contributed by atoms with E-state index in [1.165, 1.54) is 23.3 Å². The first kappa shape index (κ1) is 13.9. The molecular formula is C15H23NOS. The van der Waals surface area contributed by atoms with Gasteiger partial charge in [-0.3, -0.25) is 0 Å². The second-order valence-corrected chi connectivity index (χ2v) is 6.63. The van der Waals surface area contributed by atoms with E-state index in [1.54, 1.807) is 0 Å². The highest BCUT2D eigenvalue weighted by molar-refractivity contribution is 8.00. The molecule has 1 aliphatic rings. The molecule has 0 radical (unpaired) electrons. The lowest BCUT2D eigenvalue weighted by atomic mass is 9.82. The van der Waals surface area contributed by atoms with Crippen LogP contribution in [0.15, 0.2) is 29.2 Å². The van der Waals surface area contributed by atoms with Crippen LogP contribution in [-0.4, -0.2) is 29.5 Å². The quantitative estimate of drug-likeness (QED) is 0.878. The van der Waals surface area contributed by atoms with E-state index < -0.39 is 0 Å². The first-order chi connectivity index (χ1) is 8.69. The minimum atomic E-state index is -0.0569. The summed E-state index contributed by atoms with van der Waals surface area (Å²) in [5.74, 6) is 0. The molecule has 2 atom stereocenters. The summed E-state index contributed by atoms with van der Waals surface area (Å²) < 4.78 is 0. The Kier molecular flexibility index (Phi) is 4.71. The van der Waals surface area contributed by atoms with Crippen molar-refractivity contribution in [1.29, 1.82) is 0 Å². The molecule has 0 spiro atoms. The minimum Gasteiger partial charge on any atom is -0.394 e. The summed E-state index contributed by atoms with van der Waals surface area (Å²) in [6.07, 6.45) is 4.59. The van der Waals surface area contributed by atoms with E-state index in [4.69, 9.17) is 0 Å². The normalized spacial score (nSPS) is 28.3. The second kappa shape index (κ2) is 6.09. The van der Waals surface area contributed by atoms with Crippen LogP contribution in [0.3, 0.4) is 0 Å². The molecule has 0 aliphatic heterocycles. The molecule has 1 saturated carbocycles. The monoisotopic (exact) mass is 265 g/mol. The zero-order valence-electron chi connectivity index (χ0n) is 11.3. The molecule has 0 amide bonds. The van der Waals surface area contributed by atoms with Crippen LogP contribution in [0.5, 0.6) is 0 Å². The molecule has 2 unspecified atom stereocenters. The molecule has 100 valence electrons. The standard InChI is InChI=1S/C15H23NOS/c1-12-6-3-4-8-14(12)18-13-7-5-9-15(10-13,11-17)16-2/h3-4,6,8,13,16-17H,5,7,9-11H2,1-2H3. The Morgan fingerprint density at radius 2 is 2.22 bits per heavy atom. The molecule has 0 saturated heterocycles. The van der Waals surface area contributed by atoms with Crippen molar-refractivity contribution in [2.24, 2.45) is 0 Å². The number of benzene rings is 1. The molecule has 1 aromatic rings. The van der Waals surface area contributed by atoms with Crippen LogP contribution < -0.4 is 5.32 Å². The summed E-state index contributed by atoms with van der Waals surface area (Å²) in [5, 5.41) is 13.6. The Hall–Kier alpha value is -0.510. The van der Waals surface area contributed by atoms with E-state index in [2.05, 4.69) is 36.5 Å². The molecule has 2 N–H and O–H groups in total. The van der Waals surface area contributed by atoms with Gasteiger partial charge < -0.3 is 10.4 Å². The topological polar surface area (TPSA) is 32.3 Å². The van der Waals surface area contributed by atoms with E-state index in [0.29, 0.717) is 5.25 Å². The summed E-state index contributed by atoms with van der Waals surface area (Å²) in [5.41, 5.74) is 1.30. The molecule has 2 rings (SSSR count). The number of hydrogen-bond donors (Lipinski definition) is 2. The van der Waals surface area contributed by atoms with Crippen LogP contribution >= 0.6 is 11.8 Å². The van der Waals surface area contributed by atoms with Gasteiger partial charge in [-0.05, 0) is 44.9 Å². The number of aliphatic hydroxyl groups is 1. The van der Waals surface area contributed by atoms with Crippen LogP contribution in [0.1, 0.15) is 31.2 Å². The van der Waals surface area contributed by atoms with Crippen LogP contribution in [0, 0.1) is 6.92 Å². The zero-order chi connectivity index (χ0) is 13.0. The zero-order valence-corrected chi connectivity index (χ0v) is 12.1. The van der Waals surface area contributed by atoms with Crippen LogP contribution in [0.25, 0.3) is 0 Å². The molecule has 0 bridgehead atoms. The van der Waals surface area contributed by atoms with Crippen LogP contribution in [0.4, 0.5) is 0 Å². The smallest absolute Gasteiger partial charge is 0.0613 e. The molecule has 1 aromatic carbocycles. The third kappa shape index (κ3) is 3.08. The van der Waals surface area contributed by atoms with Crippen molar-refractivity contribution >= 4 is 11.8 Å². The van der Waals surface area contributed by atoms with Crippen molar-refractivity contribution in [2.45, 2.75) is 48.3 Å². The maximum atomic E-state index is 9.61. The Bertz CT molecular complexity index is 390. The molecular weight excluding hydrogens is 242 g/mol. The van der Waals surface area contributed by atoms with Crippen molar-refractivity contribution in [3.8, 4) is 0 Å². The van der Waals surface area contributed by atoms with Gasteiger partial charge in [0.15, 0.2) is 0 Å². The van der Waals surface area contributed by atoms with Gasteiger partial charge in [-0.25, -0.2) is 0 Å². The molecule has 1 fully saturated rings. The number of likely N-dealkylation sites (N-methyl/N-ethyl adjacent to an activating group) is 1. The number of thioether (sulfide) groups is 1. The van der Waals surface area contributed by atoms with Gasteiger partial charge in [-0.15, -0.1) is 11.8 Å². The molecule has 0 heterocycles. The van der Waals surface area contributed by atoms with Crippen LogP contribution in [0.2, 0.25) is 0 Å². The summed E-state index contributed by atoms with van der Waals surface area (Å²) in [6.45, 7) is 2.41. The predicted molar refractivity (Wildman–Crippen MR) is 78.2 cm³/mol. The molecule has 1 aliphatic carbocycles. The van der Waals surface area contributed by atoms with E-state index in [9.17, 15) is 5.11 Å². The van der Waals surface area contributed by atoms with Crippen molar-refractivity contribution in [1.82, 2.24) is 5.32 Å². The highest BCUT2D eigenvalue weighted by Crippen LogP contribution is 2.38. The summed E-state index contributed by atoms with van der Waals surface area (Å²) in [4.78, 5) is 1.38. The van der Waals surface area contributed by atoms with Crippen molar-refractivity contribution in [3.63, 3.8) is 0 Å². The highest BCUT2D eigenvalue weighted by Gasteiger charge is 2.34. The SMILES string of the molecule is CNC1(CO)CCCC(Sc2ccccc2C)C1. The fourth-order valence-corrected chi connectivity index (χ4v) is 4.18. The Morgan fingerprint density at radius 1 is 1.44 bits per heavy atom. The number of rotatable bonds is 4. The van der Waals surface area contributed by atoms with Crippen molar-refractivity contribution < 1.29 is 5.11 Å². The minimum absolute atomic E-state index is 0.0569. The fraction of sp³-hybridized carbons (Fsp3) is 0.600. The summed E-state index contributed by atoms with van der Waals surface area (Å²) >= 11 is 1.97. The lowest BCUT2D eigenvalue weighted by Gasteiger charge is -2.39. The van der Waals surface area contributed by atoms with E-state index in [-0.39, 0.29) is 12.1 Å². The number of hydrogen-bond acceptors (Lipinski definition) is 3. The lowest BCUT2D eigenvalue weighted by molar-refractivity contribution is 0.131. The van der Waals surface area contributed by atoms with E-state index in [0.717, 1.165) is 12.8 Å². The third-order valence-corrected chi connectivity index (χ3v) is 5.47. The molecule has 2 nitrogen and oxygen atoms in total. The first-order valence-electron chi connectivity index (χ1n) is 6.71. The number of aryl methyl sites for hydroxylation is 1. The highest BCUT2D eigenvalue weighted by atomic mass is 32.2. The average Bonchev–Trinajstić information content (AvgIpc) is 2.41. The van der Waals surface area contributed by atoms with Gasteiger partial charge in [-0.2, -0.15) is 0 Å². The van der Waals surface area contributed by atoms with Gasteiger partial charge >= 0.3 is 0 Å². The van der Waals surface area contributed by atoms with Gasteiger partial charge in [0.25, 0.3) is 0 Å². The summed E-state index contributed by atoms with van der Waals surface area (Å²) in [7, 11) is 1.97. The van der Waals surface area contributed by atoms with Gasteiger partial charge in [0.1, 0.15) is 0 Å². The second-order valence-electron chi connectivity index (χ2n) is 5.29. The van der Waals surface area contributed by atoms with Crippen LogP contribution in [-0.2, 0) is 0 Å². The first-order valence-corrected chi connectivity index (χ1v) is 7.59. The largest absolute Gasteiger partial charge is 0.394 e. The summed E-state index contributed by atoms with van der Waals surface area (Å²) in [6, 6.07) is 8.57. The lowest BCUT2D eigenvalue weighted by Crippen LogP contribution is -2.50. The Labute approximate surface area is 114 Å². The fourth-order valence-electron chi connectivity index (χ4n) is 2.73. The van der Waals surface area contributed by atoms with E-state index >= 15 is 0 Å². The van der Waals surface area contributed by atoms with Gasteiger partial charge in [0.2, 0.25) is 0 Å². The average molecular weight is 265 g/mol. The number of nitrogens with one attached hydrogen (secondary N) is 1. The third-order valence-electron chi connectivity index (χ3n) is 4.02. The van der Waals surface area contributed by atoms with E-state index in [1.807, 2.05) is 18.8 Å². The van der Waals surface area contributed by atoms with Gasteiger partial charge in [-0.1, -0.05) is 24.6 Å². The van der Waals surface area contributed by atoms with Gasteiger partial charge in [0.05, 0.1) is 6.61 Å². The molecule has 0 aromatic heterocycles. The van der Waals surface area contributed by atoms with Gasteiger partial charge in [0, 0.05) is 15.7 Å². The van der Waals surface area contributed by atoms with Crippen molar-refractivity contribution in [3.05, 3.63) is 29.8 Å². The van der Waals surface area contributed by atoms with Crippen molar-refractivity contribution in [2.75, 3.05) is 13.7 Å². The molecule has 3 heteroatoms. The maximum absolute atomic E-state index is 9.61. The molecule has 18 heavy (non-hydrogen) atoms.